The SMILES string of the molecule is COC(=O)c1ccc(C(=O)Nc2ccc(Nc3cc(OC(F)(F)F)ccc3[N+](=O)[O-])cn2)cc1. The molecule has 1 amide bonds. The molecule has 0 aliphatic heterocycles. The number of carbonyl (C=O) groups excluding carboxylic acids is 2. The number of nitro groups is 1. The molecule has 0 bridgehead atoms. The van der Waals surface area contributed by atoms with E-state index in [0.717, 1.165) is 18.2 Å². The van der Waals surface area contributed by atoms with Crippen LogP contribution in [-0.2, 0) is 4.74 Å². The Morgan fingerprint density at radius 2 is 1.71 bits per heavy atom. The Morgan fingerprint density at radius 1 is 1.03 bits per heavy atom. The van der Waals surface area contributed by atoms with Crippen molar-refractivity contribution in [3.8, 4) is 5.75 Å². The van der Waals surface area contributed by atoms with Crippen LogP contribution in [0.25, 0.3) is 0 Å². The van der Waals surface area contributed by atoms with Gasteiger partial charge >= 0.3 is 12.3 Å². The Hall–Kier alpha value is -4.68. The number of amides is 1. The van der Waals surface area contributed by atoms with Crippen LogP contribution in [0.1, 0.15) is 20.7 Å². The molecule has 0 unspecified atom stereocenters. The Balaban J connectivity index is 1.72. The minimum Gasteiger partial charge on any atom is -0.465 e. The molecular weight excluding hydrogens is 461 g/mol. The van der Waals surface area contributed by atoms with Crippen molar-refractivity contribution in [2.45, 2.75) is 6.36 Å². The Kier molecular flexibility index (Phi) is 6.95. The number of methoxy groups -OCH3 is 1. The van der Waals surface area contributed by atoms with E-state index in [1.165, 1.54) is 49.7 Å². The maximum Gasteiger partial charge on any atom is 0.573 e. The molecule has 34 heavy (non-hydrogen) atoms. The lowest BCUT2D eigenvalue weighted by Crippen LogP contribution is -2.17. The monoisotopic (exact) mass is 476 g/mol. The van der Waals surface area contributed by atoms with Gasteiger partial charge in [0, 0.05) is 17.7 Å². The van der Waals surface area contributed by atoms with Gasteiger partial charge in [-0.1, -0.05) is 0 Å². The maximum atomic E-state index is 12.5. The van der Waals surface area contributed by atoms with Crippen LogP contribution in [-0.4, -0.2) is 35.3 Å². The van der Waals surface area contributed by atoms with E-state index in [1.807, 2.05) is 0 Å². The van der Waals surface area contributed by atoms with Crippen molar-refractivity contribution in [3.05, 3.63) is 82.0 Å². The summed E-state index contributed by atoms with van der Waals surface area (Å²) in [5.41, 5.74) is -0.0221. The Labute approximate surface area is 189 Å². The van der Waals surface area contributed by atoms with E-state index in [2.05, 4.69) is 25.1 Å². The zero-order valence-corrected chi connectivity index (χ0v) is 17.3. The topological polar surface area (TPSA) is 133 Å². The quantitative estimate of drug-likeness (QED) is 0.286. The Bertz CT molecular complexity index is 1210. The summed E-state index contributed by atoms with van der Waals surface area (Å²) in [7, 11) is 1.23. The summed E-state index contributed by atoms with van der Waals surface area (Å²) >= 11 is 0. The first-order valence-corrected chi connectivity index (χ1v) is 9.33. The van der Waals surface area contributed by atoms with Crippen LogP contribution in [0.3, 0.4) is 0 Å². The number of nitrogens with one attached hydrogen (secondary N) is 2. The molecular formula is C21H15F3N4O6. The molecule has 176 valence electrons. The van der Waals surface area contributed by atoms with Crippen LogP contribution < -0.4 is 15.4 Å². The minimum absolute atomic E-state index is 0.135. The van der Waals surface area contributed by atoms with E-state index < -0.39 is 34.6 Å². The molecule has 0 fully saturated rings. The number of ether oxygens (including phenoxy) is 2. The normalized spacial score (nSPS) is 10.8. The number of esters is 1. The molecule has 1 aromatic heterocycles. The molecule has 2 N–H and O–H groups in total. The van der Waals surface area contributed by atoms with Crippen molar-refractivity contribution >= 4 is 34.8 Å². The molecule has 0 aliphatic rings. The number of pyridine rings is 1. The molecule has 13 heteroatoms. The van der Waals surface area contributed by atoms with Crippen molar-refractivity contribution < 1.29 is 37.2 Å². The van der Waals surface area contributed by atoms with Crippen LogP contribution >= 0.6 is 0 Å². The van der Waals surface area contributed by atoms with Gasteiger partial charge in [0.25, 0.3) is 11.6 Å². The van der Waals surface area contributed by atoms with Crippen LogP contribution in [0.2, 0.25) is 0 Å². The Morgan fingerprint density at radius 3 is 2.26 bits per heavy atom. The highest BCUT2D eigenvalue weighted by Crippen LogP contribution is 2.33. The van der Waals surface area contributed by atoms with Crippen molar-refractivity contribution in [3.63, 3.8) is 0 Å². The molecule has 3 rings (SSSR count). The van der Waals surface area contributed by atoms with E-state index in [-0.39, 0.29) is 28.3 Å². The number of nitrogens with zero attached hydrogens (tertiary/aromatic N) is 2. The van der Waals surface area contributed by atoms with Gasteiger partial charge in [-0.3, -0.25) is 14.9 Å². The molecule has 10 nitrogen and oxygen atoms in total. The van der Waals surface area contributed by atoms with Gasteiger partial charge in [0.15, 0.2) is 0 Å². The van der Waals surface area contributed by atoms with Crippen molar-refractivity contribution in [2.24, 2.45) is 0 Å². The lowest BCUT2D eigenvalue weighted by Gasteiger charge is -2.12. The predicted octanol–water partition coefficient (Wildman–Crippen LogP) is 4.67. The summed E-state index contributed by atoms with van der Waals surface area (Å²) in [4.78, 5) is 38.2. The summed E-state index contributed by atoms with van der Waals surface area (Å²) in [6.07, 6.45) is -3.74. The van der Waals surface area contributed by atoms with Gasteiger partial charge in [0.05, 0.1) is 29.5 Å². The number of benzene rings is 2. The first kappa shape index (κ1) is 24.0. The number of halogens is 3. The number of nitro benzene ring substituents is 1. The third kappa shape index (κ3) is 6.18. The summed E-state index contributed by atoms with van der Waals surface area (Å²) in [5.74, 6) is -1.57. The summed E-state index contributed by atoms with van der Waals surface area (Å²) < 4.78 is 45.8. The van der Waals surface area contributed by atoms with Crippen LogP contribution in [0.15, 0.2) is 60.8 Å². The molecule has 0 radical (unpaired) electrons. The fourth-order valence-electron chi connectivity index (χ4n) is 2.73. The second-order valence-electron chi connectivity index (χ2n) is 6.56. The summed E-state index contributed by atoms with van der Waals surface area (Å²) in [6, 6.07) is 11.0. The average molecular weight is 476 g/mol. The van der Waals surface area contributed by atoms with Gasteiger partial charge in [-0.25, -0.2) is 9.78 Å². The number of aromatic nitrogens is 1. The van der Waals surface area contributed by atoms with Gasteiger partial charge in [-0.2, -0.15) is 0 Å². The highest BCUT2D eigenvalue weighted by molar-refractivity contribution is 6.04. The van der Waals surface area contributed by atoms with Crippen molar-refractivity contribution in [2.75, 3.05) is 17.7 Å². The van der Waals surface area contributed by atoms with Gasteiger partial charge in [-0.15, -0.1) is 13.2 Å². The van der Waals surface area contributed by atoms with Gasteiger partial charge < -0.3 is 20.1 Å². The lowest BCUT2D eigenvalue weighted by molar-refractivity contribution is -0.384. The first-order chi connectivity index (χ1) is 16.1. The number of anilines is 3. The molecule has 0 atom stereocenters. The largest absolute Gasteiger partial charge is 0.573 e. The maximum absolute atomic E-state index is 12.5. The molecule has 0 saturated heterocycles. The first-order valence-electron chi connectivity index (χ1n) is 9.33. The second kappa shape index (κ2) is 9.85. The average Bonchev–Trinajstić information content (AvgIpc) is 2.78. The lowest BCUT2D eigenvalue weighted by atomic mass is 10.1. The van der Waals surface area contributed by atoms with Crippen LogP contribution in [0, 0.1) is 10.1 Å². The van der Waals surface area contributed by atoms with E-state index >= 15 is 0 Å². The molecule has 1 heterocycles. The van der Waals surface area contributed by atoms with Gasteiger partial charge in [-0.05, 0) is 42.5 Å². The zero-order chi connectivity index (χ0) is 24.9. The van der Waals surface area contributed by atoms with Gasteiger partial charge in [0.1, 0.15) is 17.3 Å². The fraction of sp³-hybridized carbons (Fsp3) is 0.0952. The van der Waals surface area contributed by atoms with E-state index in [1.54, 1.807) is 0 Å². The number of hydrogen-bond acceptors (Lipinski definition) is 8. The van der Waals surface area contributed by atoms with Crippen LogP contribution in [0.5, 0.6) is 5.75 Å². The highest BCUT2D eigenvalue weighted by Gasteiger charge is 2.31. The predicted molar refractivity (Wildman–Crippen MR) is 113 cm³/mol. The highest BCUT2D eigenvalue weighted by atomic mass is 19.4. The van der Waals surface area contributed by atoms with E-state index in [4.69, 9.17) is 0 Å². The molecule has 2 aromatic carbocycles. The number of carbonyl (C=O) groups is 2. The van der Waals surface area contributed by atoms with E-state index in [0.29, 0.717) is 0 Å². The minimum atomic E-state index is -4.96. The number of rotatable bonds is 7. The molecule has 0 aliphatic carbocycles. The summed E-state index contributed by atoms with van der Waals surface area (Å²) in [6.45, 7) is 0. The smallest absolute Gasteiger partial charge is 0.465 e. The van der Waals surface area contributed by atoms with Crippen molar-refractivity contribution in [1.82, 2.24) is 4.98 Å². The summed E-state index contributed by atoms with van der Waals surface area (Å²) in [5, 5.41) is 16.3. The zero-order valence-electron chi connectivity index (χ0n) is 17.3. The molecule has 0 spiro atoms. The molecule has 0 saturated carbocycles. The fourth-order valence-corrected chi connectivity index (χ4v) is 2.73. The second-order valence-corrected chi connectivity index (χ2v) is 6.56. The third-order valence-electron chi connectivity index (χ3n) is 4.25. The third-order valence-corrected chi connectivity index (χ3v) is 4.25. The standard InChI is InChI=1S/C21H15F3N4O6/c1-33-20(30)13-4-2-12(3-5-13)19(29)27-18-9-6-14(11-25-18)26-16-10-15(34-21(22,23)24)7-8-17(16)28(31)32/h2-11,26H,1H3,(H,25,27,29). The number of alkyl halides is 3. The van der Waals surface area contributed by atoms with Crippen LogP contribution in [0.4, 0.5) is 36.1 Å². The number of hydrogen-bond donors (Lipinski definition) is 2. The van der Waals surface area contributed by atoms with Gasteiger partial charge in [0.2, 0.25) is 0 Å². The van der Waals surface area contributed by atoms with Crippen molar-refractivity contribution in [1.29, 1.82) is 0 Å². The molecule has 3 aromatic rings. The van der Waals surface area contributed by atoms with E-state index in [9.17, 15) is 32.9 Å².